The van der Waals surface area contributed by atoms with Gasteiger partial charge in [-0.05, 0) is 54.7 Å². The summed E-state index contributed by atoms with van der Waals surface area (Å²) >= 11 is 0. The van der Waals surface area contributed by atoms with Gasteiger partial charge in [0.05, 0.1) is 11.5 Å². The Balaban J connectivity index is 1.40. The van der Waals surface area contributed by atoms with Crippen molar-refractivity contribution >= 4 is 46.4 Å². The van der Waals surface area contributed by atoms with Gasteiger partial charge in [0, 0.05) is 49.9 Å². The zero-order chi connectivity index (χ0) is 33.9. The number of nitrogens with two attached hydrogens (primary N) is 1. The van der Waals surface area contributed by atoms with Crippen LogP contribution < -0.4 is 26.0 Å². The van der Waals surface area contributed by atoms with E-state index in [9.17, 15) is 52.2 Å². The number of phenolic OH excluding ortho intramolecular Hbond substituents is 1. The second-order valence-corrected chi connectivity index (χ2v) is 11.8. The monoisotopic (exact) mass is 646 g/mol. The van der Waals surface area contributed by atoms with Crippen LogP contribution in [0.5, 0.6) is 11.5 Å². The molecule has 0 heterocycles. The van der Waals surface area contributed by atoms with Gasteiger partial charge in [0.25, 0.3) is 0 Å². The molecule has 0 saturated heterocycles. The normalized spacial score (nSPS) is 25.6. The van der Waals surface area contributed by atoms with Crippen LogP contribution in [0.3, 0.4) is 0 Å². The maximum Gasteiger partial charge on any atom is 0.573 e. The topological polar surface area (TPSA) is 205 Å². The molecule has 5 rings (SSSR count). The molecule has 2 aromatic carbocycles. The van der Waals surface area contributed by atoms with Gasteiger partial charge >= 0.3 is 12.4 Å². The average molecular weight is 647 g/mol. The largest absolute Gasteiger partial charge is 0.573 e. The number of carbonyl (C=O) groups excluding carboxylic acids is 6. The van der Waals surface area contributed by atoms with Gasteiger partial charge in [-0.3, -0.25) is 24.0 Å². The number of nitrogens with one attached hydrogen (secondary N) is 2. The number of Topliss-reactive ketones (excluding diaryl/α,β-unsaturated/α-hetero) is 4. The Kier molecular flexibility index (Phi) is 8.05. The highest BCUT2D eigenvalue weighted by Crippen LogP contribution is 2.51. The number of carbonyl (C=O) groups is 6. The number of hydrogen-bond acceptors (Lipinski definition) is 10. The molecule has 13 nitrogen and oxygen atoms in total. The first kappa shape index (κ1) is 32.4. The lowest BCUT2D eigenvalue weighted by molar-refractivity contribution is -0.274. The van der Waals surface area contributed by atoms with Crippen molar-refractivity contribution in [3.8, 4) is 11.5 Å². The molecule has 3 aliphatic rings. The Morgan fingerprint density at radius 2 is 1.74 bits per heavy atom. The molecule has 3 amide bonds. The number of hydrogen-bond donors (Lipinski definition) is 5. The molecule has 0 aliphatic heterocycles. The minimum Gasteiger partial charge on any atom is -0.507 e. The number of halogens is 3. The number of anilines is 2. The zero-order valence-corrected chi connectivity index (χ0v) is 24.4. The minimum atomic E-state index is -4.88. The highest BCUT2D eigenvalue weighted by Gasteiger charge is 2.66. The van der Waals surface area contributed by atoms with Crippen molar-refractivity contribution in [2.45, 2.75) is 37.8 Å². The summed E-state index contributed by atoms with van der Waals surface area (Å²) in [7, 11) is 3.35. The number of phenols is 1. The summed E-state index contributed by atoms with van der Waals surface area (Å²) in [6.45, 7) is -0.330. The van der Waals surface area contributed by atoms with Crippen LogP contribution >= 0.6 is 0 Å². The number of fused-ring (bicyclic) bond motifs is 3. The predicted octanol–water partition coefficient (Wildman–Crippen LogP) is 1.61. The molecular formula is C30H29F3N4O9. The second kappa shape index (κ2) is 11.4. The lowest BCUT2D eigenvalue weighted by atomic mass is 9.53. The highest BCUT2D eigenvalue weighted by atomic mass is 19.4. The Bertz CT molecular complexity index is 1670. The van der Waals surface area contributed by atoms with Crippen LogP contribution in [-0.4, -0.2) is 71.3 Å². The van der Waals surface area contributed by atoms with Crippen LogP contribution in [0.15, 0.2) is 30.3 Å². The summed E-state index contributed by atoms with van der Waals surface area (Å²) in [5, 5.41) is 27.5. The standard InChI is InChI=1S/C30H29F3N4O9/c1-37(2)18-9-13(11-35-28(44)36-15-3-5-16(6-4-15)46-30(31,32)33)23(39)21-17(18)8-12-7-14-10-19(38)22(27(34)43)26(42)29(14,45)25(41)20(12)24(21)40/h3-6,9,12,14,20,22,39,45H,7-8,10-11H2,1-2H3,(H2,34,43)(H2,35,36,44)/t12-,14+,20?,22?,29+/m1/s1. The average Bonchev–Trinajstić information content (AvgIpc) is 2.94. The predicted molar refractivity (Wildman–Crippen MR) is 152 cm³/mol. The fourth-order valence-electron chi connectivity index (χ4n) is 6.69. The van der Waals surface area contributed by atoms with E-state index >= 15 is 0 Å². The molecule has 2 saturated carbocycles. The van der Waals surface area contributed by atoms with E-state index in [0.717, 1.165) is 12.1 Å². The number of primary amides is 1. The van der Waals surface area contributed by atoms with Crippen LogP contribution in [0.25, 0.3) is 0 Å². The number of benzene rings is 2. The maximum atomic E-state index is 13.9. The number of rotatable bonds is 6. The van der Waals surface area contributed by atoms with Crippen LogP contribution in [0.2, 0.25) is 0 Å². The number of aromatic hydroxyl groups is 1. The first-order valence-electron chi connectivity index (χ1n) is 14.1. The molecular weight excluding hydrogens is 617 g/mol. The number of urea groups is 1. The van der Waals surface area contributed by atoms with Crippen LogP contribution in [0.4, 0.5) is 29.3 Å². The third-order valence-corrected chi connectivity index (χ3v) is 8.72. The van der Waals surface area contributed by atoms with Gasteiger partial charge < -0.3 is 36.2 Å². The van der Waals surface area contributed by atoms with Gasteiger partial charge in [-0.1, -0.05) is 0 Å². The molecule has 2 fully saturated rings. The summed E-state index contributed by atoms with van der Waals surface area (Å²) in [5.74, 6) is -12.0. The fraction of sp³-hybridized carbons (Fsp3) is 0.400. The van der Waals surface area contributed by atoms with Gasteiger partial charge in [-0.2, -0.15) is 0 Å². The van der Waals surface area contributed by atoms with E-state index in [2.05, 4.69) is 15.4 Å². The molecule has 0 radical (unpaired) electrons. The van der Waals surface area contributed by atoms with Crippen molar-refractivity contribution in [1.82, 2.24) is 5.32 Å². The van der Waals surface area contributed by atoms with E-state index in [1.165, 1.54) is 18.2 Å². The molecule has 244 valence electrons. The SMILES string of the molecule is CN(C)c1cc(CNC(=O)Nc2ccc(OC(F)(F)F)cc2)c(O)c2c1C[C@H]1C[C@H]3CC(=O)C(C(N)=O)C(=O)[C@@]3(O)C(=O)C1C2=O. The van der Waals surface area contributed by atoms with Crippen LogP contribution in [-0.2, 0) is 32.1 Å². The number of amides is 3. The summed E-state index contributed by atoms with van der Waals surface area (Å²) in [5.41, 5.74) is 3.28. The zero-order valence-electron chi connectivity index (χ0n) is 24.4. The van der Waals surface area contributed by atoms with Gasteiger partial charge in [0.1, 0.15) is 11.5 Å². The molecule has 2 aromatic rings. The molecule has 16 heteroatoms. The first-order chi connectivity index (χ1) is 21.4. The summed E-state index contributed by atoms with van der Waals surface area (Å²) in [6.07, 6.45) is -5.31. The van der Waals surface area contributed by atoms with E-state index in [0.29, 0.717) is 11.3 Å². The number of ether oxygens (including phenoxy) is 1. The molecule has 5 atom stereocenters. The molecule has 3 aliphatic carbocycles. The van der Waals surface area contributed by atoms with Gasteiger partial charge in [0.15, 0.2) is 34.7 Å². The smallest absolute Gasteiger partial charge is 0.507 e. The molecule has 0 aromatic heterocycles. The number of alkyl halides is 3. The summed E-state index contributed by atoms with van der Waals surface area (Å²) < 4.78 is 41.0. The van der Waals surface area contributed by atoms with Crippen molar-refractivity contribution in [3.05, 3.63) is 47.0 Å². The van der Waals surface area contributed by atoms with Crippen molar-refractivity contribution in [2.75, 3.05) is 24.3 Å². The van der Waals surface area contributed by atoms with Crippen LogP contribution in [0.1, 0.15) is 34.3 Å². The number of nitrogens with zero attached hydrogens (tertiary/aromatic N) is 1. The van der Waals surface area contributed by atoms with Crippen molar-refractivity contribution in [1.29, 1.82) is 0 Å². The number of ketones is 4. The first-order valence-corrected chi connectivity index (χ1v) is 14.1. The lowest BCUT2D eigenvalue weighted by Crippen LogP contribution is -2.68. The van der Waals surface area contributed by atoms with Gasteiger partial charge in [-0.25, -0.2) is 4.79 Å². The minimum absolute atomic E-state index is 0.0541. The highest BCUT2D eigenvalue weighted by molar-refractivity contribution is 6.31. The summed E-state index contributed by atoms with van der Waals surface area (Å²) in [4.78, 5) is 79.4. The Labute approximate surface area is 258 Å². The summed E-state index contributed by atoms with van der Waals surface area (Å²) in [6, 6.07) is 5.09. The maximum absolute atomic E-state index is 13.9. The van der Waals surface area contributed by atoms with Crippen LogP contribution in [0, 0.1) is 23.7 Å². The Hall–Kier alpha value is -4.99. The molecule has 0 spiro atoms. The lowest BCUT2D eigenvalue weighted by Gasteiger charge is -2.48. The van der Waals surface area contributed by atoms with Crippen molar-refractivity contribution in [2.24, 2.45) is 29.4 Å². The third kappa shape index (κ3) is 5.52. The van der Waals surface area contributed by atoms with E-state index in [-0.39, 0.29) is 36.2 Å². The van der Waals surface area contributed by atoms with Gasteiger partial charge in [-0.15, -0.1) is 13.2 Å². The van der Waals surface area contributed by atoms with E-state index in [4.69, 9.17) is 5.73 Å². The molecule has 0 bridgehead atoms. The third-order valence-electron chi connectivity index (χ3n) is 8.72. The number of aliphatic hydroxyl groups is 1. The molecule has 6 N–H and O–H groups in total. The second-order valence-electron chi connectivity index (χ2n) is 11.8. The van der Waals surface area contributed by atoms with Gasteiger partial charge in [0.2, 0.25) is 5.91 Å². The fourth-order valence-corrected chi connectivity index (χ4v) is 6.69. The van der Waals surface area contributed by atoms with E-state index in [1.54, 1.807) is 19.0 Å². The Morgan fingerprint density at radius 3 is 2.33 bits per heavy atom. The molecule has 2 unspecified atom stereocenters. The Morgan fingerprint density at radius 1 is 1.09 bits per heavy atom. The van der Waals surface area contributed by atoms with Crippen molar-refractivity contribution < 1.29 is 56.9 Å². The quantitative estimate of drug-likeness (QED) is 0.287. The van der Waals surface area contributed by atoms with Crippen molar-refractivity contribution in [3.63, 3.8) is 0 Å². The van der Waals surface area contributed by atoms with E-state index < -0.39 is 88.6 Å². The van der Waals surface area contributed by atoms with E-state index in [1.807, 2.05) is 0 Å². The molecule has 46 heavy (non-hydrogen) atoms.